The van der Waals surface area contributed by atoms with E-state index in [9.17, 15) is 0 Å². The molecule has 0 fully saturated rings. The van der Waals surface area contributed by atoms with Gasteiger partial charge in [-0.3, -0.25) is 9.67 Å². The van der Waals surface area contributed by atoms with Gasteiger partial charge in [0.05, 0.1) is 11.4 Å². The summed E-state index contributed by atoms with van der Waals surface area (Å²) in [6.07, 6.45) is 1.91. The maximum atomic E-state index is 4.59. The third-order valence-electron chi connectivity index (χ3n) is 3.84. The molecule has 112 valence electrons. The molecule has 4 nitrogen and oxygen atoms in total. The van der Waals surface area contributed by atoms with Gasteiger partial charge >= 0.3 is 0 Å². The molecule has 1 aromatic carbocycles. The largest absolute Gasteiger partial charge is 0.372 e. The summed E-state index contributed by atoms with van der Waals surface area (Å²) in [7, 11) is 1.94. The van der Waals surface area contributed by atoms with Gasteiger partial charge in [0, 0.05) is 32.0 Å². The Kier molecular flexibility index (Phi) is 4.78. The van der Waals surface area contributed by atoms with Crippen LogP contribution in [-0.4, -0.2) is 29.1 Å². The number of hydrogen-bond acceptors (Lipinski definition) is 3. The molecule has 0 atom stereocenters. The Morgan fingerprint density at radius 2 is 1.76 bits per heavy atom. The van der Waals surface area contributed by atoms with Crippen molar-refractivity contribution in [2.75, 3.05) is 18.0 Å². The van der Waals surface area contributed by atoms with Gasteiger partial charge in [-0.15, -0.1) is 0 Å². The van der Waals surface area contributed by atoms with Crippen molar-refractivity contribution in [2.24, 2.45) is 12.0 Å². The molecule has 0 aliphatic carbocycles. The predicted octanol–water partition coefficient (Wildman–Crippen LogP) is 3.63. The van der Waals surface area contributed by atoms with Crippen molar-refractivity contribution in [2.45, 2.75) is 27.7 Å². The van der Waals surface area contributed by atoms with Crippen LogP contribution in [-0.2, 0) is 7.05 Å². The zero-order valence-corrected chi connectivity index (χ0v) is 13.6. The van der Waals surface area contributed by atoms with Crippen molar-refractivity contribution in [1.82, 2.24) is 9.78 Å². The Morgan fingerprint density at radius 1 is 1.14 bits per heavy atom. The van der Waals surface area contributed by atoms with E-state index in [4.69, 9.17) is 0 Å². The third-order valence-corrected chi connectivity index (χ3v) is 3.84. The second kappa shape index (κ2) is 6.57. The van der Waals surface area contributed by atoms with E-state index in [1.165, 1.54) is 5.69 Å². The first-order chi connectivity index (χ1) is 10.1. The van der Waals surface area contributed by atoms with Gasteiger partial charge in [-0.25, -0.2) is 0 Å². The second-order valence-electron chi connectivity index (χ2n) is 5.17. The van der Waals surface area contributed by atoms with E-state index in [0.29, 0.717) is 0 Å². The molecule has 0 amide bonds. The summed E-state index contributed by atoms with van der Waals surface area (Å²) in [5.41, 5.74) is 5.37. The minimum atomic E-state index is 0.963. The van der Waals surface area contributed by atoms with Gasteiger partial charge in [0.15, 0.2) is 0 Å². The number of aromatic nitrogens is 2. The molecule has 0 saturated carbocycles. The zero-order chi connectivity index (χ0) is 15.4. The highest BCUT2D eigenvalue weighted by atomic mass is 15.3. The van der Waals surface area contributed by atoms with Crippen LogP contribution in [0.4, 0.5) is 11.4 Å². The highest BCUT2D eigenvalue weighted by Crippen LogP contribution is 2.22. The van der Waals surface area contributed by atoms with Crippen LogP contribution >= 0.6 is 0 Å². The molecule has 4 heteroatoms. The van der Waals surface area contributed by atoms with Crippen molar-refractivity contribution in [3.63, 3.8) is 0 Å². The van der Waals surface area contributed by atoms with Crippen LogP contribution in [0, 0.1) is 13.8 Å². The maximum absolute atomic E-state index is 4.59. The van der Waals surface area contributed by atoms with Gasteiger partial charge in [0.2, 0.25) is 0 Å². The summed E-state index contributed by atoms with van der Waals surface area (Å²) < 4.78 is 1.87. The summed E-state index contributed by atoms with van der Waals surface area (Å²) in [5.74, 6) is 0. The number of nitrogens with zero attached hydrogens (tertiary/aromatic N) is 4. The van der Waals surface area contributed by atoms with Crippen LogP contribution in [0.2, 0.25) is 0 Å². The maximum Gasteiger partial charge on any atom is 0.107 e. The number of hydrogen-bond donors (Lipinski definition) is 0. The van der Waals surface area contributed by atoms with E-state index in [1.54, 1.807) is 0 Å². The first-order valence-electron chi connectivity index (χ1n) is 7.46. The molecule has 1 aromatic heterocycles. The quantitative estimate of drug-likeness (QED) is 0.786. The molecule has 2 aromatic rings. The van der Waals surface area contributed by atoms with E-state index >= 15 is 0 Å². The Balaban J connectivity index is 2.18. The summed E-state index contributed by atoms with van der Waals surface area (Å²) in [6.45, 7) is 10.4. The summed E-state index contributed by atoms with van der Waals surface area (Å²) in [4.78, 5) is 6.92. The molecule has 2 rings (SSSR count). The fourth-order valence-electron chi connectivity index (χ4n) is 2.45. The number of benzene rings is 1. The lowest BCUT2D eigenvalue weighted by Gasteiger charge is -2.20. The average Bonchev–Trinajstić information content (AvgIpc) is 2.73. The first-order valence-corrected chi connectivity index (χ1v) is 7.46. The highest BCUT2D eigenvalue weighted by Gasteiger charge is 2.07. The Hall–Kier alpha value is -2.10. The van der Waals surface area contributed by atoms with Crippen LogP contribution in [0.3, 0.4) is 0 Å². The zero-order valence-electron chi connectivity index (χ0n) is 13.6. The molecule has 0 N–H and O–H groups in total. The van der Waals surface area contributed by atoms with Crippen LogP contribution in [0.1, 0.15) is 30.8 Å². The lowest BCUT2D eigenvalue weighted by Crippen LogP contribution is -2.21. The molecule has 0 radical (unpaired) electrons. The molecular weight excluding hydrogens is 260 g/mol. The van der Waals surface area contributed by atoms with E-state index < -0.39 is 0 Å². The highest BCUT2D eigenvalue weighted by molar-refractivity contribution is 5.83. The predicted molar refractivity (Wildman–Crippen MR) is 89.9 cm³/mol. The molecular formula is C17H24N4. The Labute approximate surface area is 127 Å². The van der Waals surface area contributed by atoms with Gasteiger partial charge in [-0.1, -0.05) is 12.1 Å². The minimum Gasteiger partial charge on any atom is -0.372 e. The SMILES string of the molecule is CCN(CC)c1ccc(C=Nc2c(C)nn(C)c2C)cc1. The van der Waals surface area contributed by atoms with E-state index in [1.807, 2.05) is 31.8 Å². The Bertz CT molecular complexity index is 619. The molecule has 0 saturated heterocycles. The normalized spacial score (nSPS) is 11.3. The van der Waals surface area contributed by atoms with E-state index in [2.05, 4.69) is 53.1 Å². The van der Waals surface area contributed by atoms with Crippen molar-refractivity contribution in [1.29, 1.82) is 0 Å². The second-order valence-corrected chi connectivity index (χ2v) is 5.17. The number of rotatable bonds is 5. The van der Waals surface area contributed by atoms with Gasteiger partial charge in [-0.2, -0.15) is 5.10 Å². The number of anilines is 1. The number of aryl methyl sites for hydroxylation is 2. The van der Waals surface area contributed by atoms with Gasteiger partial charge in [0.25, 0.3) is 0 Å². The summed E-state index contributed by atoms with van der Waals surface area (Å²) in [6, 6.07) is 8.52. The Morgan fingerprint density at radius 3 is 2.24 bits per heavy atom. The monoisotopic (exact) mass is 284 g/mol. The topological polar surface area (TPSA) is 33.4 Å². The number of aliphatic imine (C=N–C) groups is 1. The van der Waals surface area contributed by atoms with Crippen LogP contribution in [0.25, 0.3) is 0 Å². The van der Waals surface area contributed by atoms with Crippen LogP contribution < -0.4 is 4.90 Å². The smallest absolute Gasteiger partial charge is 0.107 e. The van der Waals surface area contributed by atoms with Gasteiger partial charge < -0.3 is 4.90 Å². The standard InChI is InChI=1S/C17H24N4/c1-6-21(7-2)16-10-8-15(9-11-16)12-18-17-13(3)19-20(5)14(17)4/h8-12H,6-7H2,1-5H3. The minimum absolute atomic E-state index is 0.963. The van der Waals surface area contributed by atoms with E-state index in [-0.39, 0.29) is 0 Å². The van der Waals surface area contributed by atoms with Gasteiger partial charge in [-0.05, 0) is 45.4 Å². The fraction of sp³-hybridized carbons (Fsp3) is 0.412. The van der Waals surface area contributed by atoms with Crippen molar-refractivity contribution in [3.05, 3.63) is 41.2 Å². The molecule has 1 heterocycles. The first kappa shape index (κ1) is 15.3. The molecule has 0 unspecified atom stereocenters. The van der Waals surface area contributed by atoms with Crippen molar-refractivity contribution in [3.8, 4) is 0 Å². The lowest BCUT2D eigenvalue weighted by atomic mass is 10.2. The molecule has 0 aliphatic rings. The molecule has 0 spiro atoms. The molecule has 0 aliphatic heterocycles. The van der Waals surface area contributed by atoms with Gasteiger partial charge in [0.1, 0.15) is 5.69 Å². The molecule has 21 heavy (non-hydrogen) atoms. The van der Waals surface area contributed by atoms with Crippen LogP contribution in [0.5, 0.6) is 0 Å². The summed E-state index contributed by atoms with van der Waals surface area (Å²) in [5, 5.41) is 4.38. The third kappa shape index (κ3) is 3.32. The van der Waals surface area contributed by atoms with Crippen molar-refractivity contribution >= 4 is 17.6 Å². The summed E-state index contributed by atoms with van der Waals surface area (Å²) >= 11 is 0. The lowest BCUT2D eigenvalue weighted by molar-refractivity contribution is 0.731. The van der Waals surface area contributed by atoms with Crippen LogP contribution in [0.15, 0.2) is 29.3 Å². The average molecular weight is 284 g/mol. The molecule has 0 bridgehead atoms. The van der Waals surface area contributed by atoms with E-state index in [0.717, 1.165) is 35.7 Å². The van der Waals surface area contributed by atoms with Crippen molar-refractivity contribution < 1.29 is 0 Å². The fourth-order valence-corrected chi connectivity index (χ4v) is 2.45.